The van der Waals surface area contributed by atoms with E-state index in [4.69, 9.17) is 4.74 Å². The maximum atomic E-state index is 12.0. The Kier molecular flexibility index (Phi) is 5.01. The molecule has 0 fully saturated rings. The molecule has 2 aromatic rings. The summed E-state index contributed by atoms with van der Waals surface area (Å²) < 4.78 is 6.46. The average molecular weight is 374 g/mol. The van der Waals surface area contributed by atoms with Gasteiger partial charge in [-0.3, -0.25) is 0 Å². The van der Waals surface area contributed by atoms with Crippen molar-refractivity contribution < 1.29 is 9.53 Å². The van der Waals surface area contributed by atoms with Crippen molar-refractivity contribution in [2.24, 2.45) is 0 Å². The van der Waals surface area contributed by atoms with Crippen LogP contribution in [0.15, 0.2) is 46.9 Å². The second-order valence-corrected chi connectivity index (χ2v) is 6.87. The number of aryl methyl sites for hydroxylation is 2. The molecule has 0 saturated heterocycles. The summed E-state index contributed by atoms with van der Waals surface area (Å²) in [5, 5.41) is 2.99. The Bertz CT molecular complexity index is 700. The normalized spacial score (nSPS) is 16.5. The Hall–Kier alpha value is -1.81. The van der Waals surface area contributed by atoms with Gasteiger partial charge in [-0.15, -0.1) is 0 Å². The maximum Gasteiger partial charge on any atom is 0.407 e. The quantitative estimate of drug-likeness (QED) is 0.857. The molecule has 1 aliphatic carbocycles. The van der Waals surface area contributed by atoms with Crippen LogP contribution in [0.2, 0.25) is 0 Å². The minimum atomic E-state index is -0.337. The van der Waals surface area contributed by atoms with E-state index in [1.807, 2.05) is 30.3 Å². The van der Waals surface area contributed by atoms with Crippen LogP contribution in [0.5, 0.6) is 0 Å². The third-order valence-electron chi connectivity index (χ3n) is 4.24. The Morgan fingerprint density at radius 1 is 1.26 bits per heavy atom. The van der Waals surface area contributed by atoms with Crippen molar-refractivity contribution in [1.29, 1.82) is 0 Å². The zero-order valence-corrected chi connectivity index (χ0v) is 14.7. The van der Waals surface area contributed by atoms with Crippen molar-refractivity contribution in [3.05, 3.63) is 69.2 Å². The lowest BCUT2D eigenvalue weighted by atomic mass is 9.87. The smallest absolute Gasteiger partial charge is 0.407 e. The summed E-state index contributed by atoms with van der Waals surface area (Å²) >= 11 is 3.58. The van der Waals surface area contributed by atoms with Gasteiger partial charge < -0.3 is 10.1 Å². The fourth-order valence-electron chi connectivity index (χ4n) is 2.96. The number of halogens is 1. The molecular weight excluding hydrogens is 354 g/mol. The average Bonchev–Trinajstić information content (AvgIpc) is 2.55. The van der Waals surface area contributed by atoms with Gasteiger partial charge in [0.25, 0.3) is 0 Å². The zero-order chi connectivity index (χ0) is 16.2. The molecule has 4 heteroatoms. The first-order valence-corrected chi connectivity index (χ1v) is 8.66. The number of benzene rings is 2. The first kappa shape index (κ1) is 16.1. The topological polar surface area (TPSA) is 38.3 Å². The Balaban J connectivity index is 1.55. The molecule has 0 aromatic heterocycles. The summed E-state index contributed by atoms with van der Waals surface area (Å²) in [6, 6.07) is 14.3. The molecule has 0 aliphatic heterocycles. The lowest BCUT2D eigenvalue weighted by Gasteiger charge is -2.26. The Labute approximate surface area is 145 Å². The number of ether oxygens (including phenoxy) is 1. The van der Waals surface area contributed by atoms with Crippen LogP contribution in [0.1, 0.15) is 28.7 Å². The van der Waals surface area contributed by atoms with Gasteiger partial charge in [0, 0.05) is 10.5 Å². The third-order valence-corrected chi connectivity index (χ3v) is 5.10. The van der Waals surface area contributed by atoms with Gasteiger partial charge in [-0.2, -0.15) is 0 Å². The van der Waals surface area contributed by atoms with Gasteiger partial charge in [-0.1, -0.05) is 52.3 Å². The summed E-state index contributed by atoms with van der Waals surface area (Å²) in [4.78, 5) is 12.0. The van der Waals surface area contributed by atoms with E-state index in [0.717, 1.165) is 29.3 Å². The fraction of sp³-hybridized carbons (Fsp3) is 0.316. The van der Waals surface area contributed by atoms with Crippen LogP contribution in [0.4, 0.5) is 4.79 Å². The molecule has 120 valence electrons. The number of carbonyl (C=O) groups is 1. The fourth-order valence-corrected chi connectivity index (χ4v) is 3.35. The van der Waals surface area contributed by atoms with Crippen LogP contribution in [0.3, 0.4) is 0 Å². The molecule has 1 aliphatic rings. The van der Waals surface area contributed by atoms with Gasteiger partial charge in [0.05, 0.1) is 0 Å². The first-order chi connectivity index (χ1) is 11.1. The number of alkyl carbamates (subject to hydrolysis) is 1. The molecule has 0 unspecified atom stereocenters. The predicted octanol–water partition coefficient (Wildman–Crippen LogP) is 4.54. The van der Waals surface area contributed by atoms with Crippen LogP contribution in [-0.2, 0) is 24.2 Å². The number of nitrogens with one attached hydrogen (secondary N) is 1. The molecule has 2 aromatic carbocycles. The van der Waals surface area contributed by atoms with Gasteiger partial charge in [0.15, 0.2) is 0 Å². The number of amides is 1. The summed E-state index contributed by atoms with van der Waals surface area (Å²) in [6.07, 6.45) is 2.46. The highest BCUT2D eigenvalue weighted by molar-refractivity contribution is 9.10. The van der Waals surface area contributed by atoms with Crippen molar-refractivity contribution in [2.75, 3.05) is 0 Å². The van der Waals surface area contributed by atoms with Crippen molar-refractivity contribution >= 4 is 22.0 Å². The van der Waals surface area contributed by atoms with E-state index < -0.39 is 0 Å². The van der Waals surface area contributed by atoms with E-state index in [1.165, 1.54) is 16.7 Å². The second kappa shape index (κ2) is 7.18. The predicted molar refractivity (Wildman–Crippen MR) is 94.5 cm³/mol. The highest BCUT2D eigenvalue weighted by Crippen LogP contribution is 2.27. The van der Waals surface area contributed by atoms with Crippen molar-refractivity contribution in [2.45, 2.75) is 38.8 Å². The molecule has 1 N–H and O–H groups in total. The summed E-state index contributed by atoms with van der Waals surface area (Å²) in [7, 11) is 0. The first-order valence-electron chi connectivity index (χ1n) is 7.87. The zero-order valence-electron chi connectivity index (χ0n) is 13.1. The monoisotopic (exact) mass is 373 g/mol. The Morgan fingerprint density at radius 2 is 2.04 bits per heavy atom. The SMILES string of the molecule is Cc1cc2c(cc1Br)CC[C@H](NC(=O)OCc1ccccc1)C2. The van der Waals surface area contributed by atoms with Crippen molar-refractivity contribution in [3.63, 3.8) is 0 Å². The molecule has 0 radical (unpaired) electrons. The van der Waals surface area contributed by atoms with Crippen LogP contribution in [0.25, 0.3) is 0 Å². The largest absolute Gasteiger partial charge is 0.445 e. The molecule has 3 rings (SSSR count). The highest BCUT2D eigenvalue weighted by atomic mass is 79.9. The minimum absolute atomic E-state index is 0.145. The number of carbonyl (C=O) groups excluding carboxylic acids is 1. The molecular formula is C19H20BrNO2. The van der Waals surface area contributed by atoms with Gasteiger partial charge >= 0.3 is 6.09 Å². The van der Waals surface area contributed by atoms with E-state index in [0.29, 0.717) is 6.61 Å². The van der Waals surface area contributed by atoms with Crippen LogP contribution >= 0.6 is 15.9 Å². The lowest BCUT2D eigenvalue weighted by Crippen LogP contribution is -2.39. The molecule has 0 spiro atoms. The molecule has 23 heavy (non-hydrogen) atoms. The standard InChI is InChI=1S/C19H20BrNO2/c1-13-9-16-10-17(8-7-15(16)11-18(13)20)21-19(22)23-12-14-5-3-2-4-6-14/h2-6,9,11,17H,7-8,10,12H2,1H3,(H,21,22)/t17-/m0/s1. The number of hydrogen-bond donors (Lipinski definition) is 1. The maximum absolute atomic E-state index is 12.0. The number of rotatable bonds is 3. The van der Waals surface area contributed by atoms with Gasteiger partial charge in [0.2, 0.25) is 0 Å². The van der Waals surface area contributed by atoms with E-state index >= 15 is 0 Å². The van der Waals surface area contributed by atoms with Gasteiger partial charge in [0.1, 0.15) is 6.61 Å². The van der Waals surface area contributed by atoms with Gasteiger partial charge in [-0.25, -0.2) is 4.79 Å². The van der Waals surface area contributed by atoms with E-state index in [-0.39, 0.29) is 12.1 Å². The van der Waals surface area contributed by atoms with Crippen LogP contribution < -0.4 is 5.32 Å². The molecule has 0 saturated carbocycles. The van der Waals surface area contributed by atoms with E-state index in [2.05, 4.69) is 40.3 Å². The third kappa shape index (κ3) is 4.14. The van der Waals surface area contributed by atoms with Crippen molar-refractivity contribution in [3.8, 4) is 0 Å². The lowest BCUT2D eigenvalue weighted by molar-refractivity contribution is 0.134. The van der Waals surface area contributed by atoms with Crippen LogP contribution in [-0.4, -0.2) is 12.1 Å². The number of fused-ring (bicyclic) bond motifs is 1. The molecule has 3 nitrogen and oxygen atoms in total. The second-order valence-electron chi connectivity index (χ2n) is 6.02. The minimum Gasteiger partial charge on any atom is -0.445 e. The van der Waals surface area contributed by atoms with E-state index in [1.54, 1.807) is 0 Å². The molecule has 1 amide bonds. The van der Waals surface area contributed by atoms with Gasteiger partial charge in [-0.05, 0) is 54.5 Å². The van der Waals surface area contributed by atoms with Crippen molar-refractivity contribution in [1.82, 2.24) is 5.32 Å². The highest BCUT2D eigenvalue weighted by Gasteiger charge is 2.21. The van der Waals surface area contributed by atoms with Crippen LogP contribution in [0, 0.1) is 6.92 Å². The summed E-state index contributed by atoms with van der Waals surface area (Å²) in [5.74, 6) is 0. The summed E-state index contributed by atoms with van der Waals surface area (Å²) in [6.45, 7) is 2.40. The summed E-state index contributed by atoms with van der Waals surface area (Å²) in [5.41, 5.74) is 4.93. The molecule has 0 heterocycles. The van der Waals surface area contributed by atoms with E-state index in [9.17, 15) is 4.79 Å². The Morgan fingerprint density at radius 3 is 2.83 bits per heavy atom. The molecule has 1 atom stereocenters. The number of hydrogen-bond acceptors (Lipinski definition) is 2. The molecule has 0 bridgehead atoms.